The molecule has 0 spiro atoms. The van der Waals surface area contributed by atoms with Crippen LogP contribution in [-0.2, 0) is 0 Å². The summed E-state index contributed by atoms with van der Waals surface area (Å²) in [5.41, 5.74) is 3.52. The molecule has 1 aromatic heterocycles. The molecule has 0 saturated heterocycles. The van der Waals surface area contributed by atoms with Crippen molar-refractivity contribution in [1.29, 1.82) is 0 Å². The normalized spacial score (nSPS) is 10.8. The van der Waals surface area contributed by atoms with Crippen molar-refractivity contribution in [2.75, 3.05) is 0 Å². The minimum absolute atomic E-state index is 0.358. The van der Waals surface area contributed by atoms with E-state index in [1.807, 2.05) is 24.3 Å². The molecule has 0 aliphatic carbocycles. The summed E-state index contributed by atoms with van der Waals surface area (Å²) in [6, 6.07) is 25.0. The van der Waals surface area contributed by atoms with Crippen LogP contribution in [0.1, 0.15) is 25.5 Å². The third-order valence-corrected chi connectivity index (χ3v) is 3.55. The van der Waals surface area contributed by atoms with E-state index in [0.717, 1.165) is 17.1 Å². The molecule has 104 valence electrons. The van der Waals surface area contributed by atoms with Gasteiger partial charge in [0, 0.05) is 11.6 Å². The Labute approximate surface area is 125 Å². The highest BCUT2D eigenvalue weighted by Gasteiger charge is 2.20. The summed E-state index contributed by atoms with van der Waals surface area (Å²) in [5, 5.41) is 0. The molecule has 0 atom stereocenters. The number of benzene rings is 2. The van der Waals surface area contributed by atoms with Gasteiger partial charge in [-0.15, -0.1) is 0 Å². The number of hydrogen-bond acceptors (Lipinski definition) is 0. The van der Waals surface area contributed by atoms with E-state index in [-0.39, 0.29) is 0 Å². The Morgan fingerprint density at radius 1 is 0.667 bits per heavy atom. The van der Waals surface area contributed by atoms with Crippen LogP contribution in [0.25, 0.3) is 22.5 Å². The van der Waals surface area contributed by atoms with Crippen molar-refractivity contribution in [3.05, 3.63) is 78.6 Å². The molecular weight excluding hydrogens is 256 g/mol. The minimum atomic E-state index is 0.358. The predicted molar refractivity (Wildman–Crippen MR) is 88.1 cm³/mol. The van der Waals surface area contributed by atoms with Crippen molar-refractivity contribution in [2.24, 2.45) is 0 Å². The summed E-state index contributed by atoms with van der Waals surface area (Å²) in [4.78, 5) is 0. The molecule has 1 nitrogen and oxygen atoms in total. The van der Waals surface area contributed by atoms with Crippen molar-refractivity contribution in [3.63, 3.8) is 0 Å². The van der Waals surface area contributed by atoms with Crippen LogP contribution < -0.4 is 0 Å². The van der Waals surface area contributed by atoms with E-state index in [9.17, 15) is 0 Å². The molecule has 0 unspecified atom stereocenters. The van der Waals surface area contributed by atoms with Crippen LogP contribution in [0.3, 0.4) is 0 Å². The fourth-order valence-corrected chi connectivity index (χ4v) is 2.35. The molecule has 0 saturated carbocycles. The average Bonchev–Trinajstić information content (AvgIpc) is 2.56. The van der Waals surface area contributed by atoms with Crippen molar-refractivity contribution >= 4 is 0 Å². The topological polar surface area (TPSA) is 11.3 Å². The van der Waals surface area contributed by atoms with Gasteiger partial charge in [-0.05, 0) is 17.7 Å². The summed E-state index contributed by atoms with van der Waals surface area (Å²) in [6.45, 7) is 4.31. The second kappa shape index (κ2) is 5.92. The van der Waals surface area contributed by atoms with Crippen molar-refractivity contribution in [3.8, 4) is 22.5 Å². The van der Waals surface area contributed by atoms with E-state index in [1.165, 1.54) is 11.1 Å². The van der Waals surface area contributed by atoms with Gasteiger partial charge >= 0.3 is 11.5 Å². The molecule has 1 heteroatoms. The quantitative estimate of drug-likeness (QED) is 0.532. The standard InChI is InChI=1S/C20H19O/c1-15(2)19-13-18(16-9-5-3-6-10-16)14-20(21-19)17-11-7-4-8-12-17/h3-15H,1-2H3/q+1. The highest BCUT2D eigenvalue weighted by Crippen LogP contribution is 2.30. The van der Waals surface area contributed by atoms with Crippen LogP contribution in [0.5, 0.6) is 0 Å². The average molecular weight is 275 g/mol. The molecule has 0 aliphatic heterocycles. The van der Waals surface area contributed by atoms with Gasteiger partial charge in [0.2, 0.25) is 0 Å². The lowest BCUT2D eigenvalue weighted by atomic mass is 10.0. The lowest BCUT2D eigenvalue weighted by Crippen LogP contribution is -1.91. The smallest absolute Gasteiger partial charge is 0.212 e. The maximum Gasteiger partial charge on any atom is 0.360 e. The summed E-state index contributed by atoms with van der Waals surface area (Å²) in [7, 11) is 0. The molecule has 0 aliphatic rings. The first-order valence-corrected chi connectivity index (χ1v) is 7.33. The molecule has 0 fully saturated rings. The van der Waals surface area contributed by atoms with Crippen LogP contribution in [0.15, 0.2) is 77.2 Å². The van der Waals surface area contributed by atoms with Crippen LogP contribution in [-0.4, -0.2) is 0 Å². The van der Waals surface area contributed by atoms with E-state index in [0.29, 0.717) is 5.92 Å². The number of rotatable bonds is 3. The highest BCUT2D eigenvalue weighted by molar-refractivity contribution is 5.69. The zero-order valence-electron chi connectivity index (χ0n) is 12.4. The summed E-state index contributed by atoms with van der Waals surface area (Å²) in [5.74, 6) is 2.28. The van der Waals surface area contributed by atoms with Crippen LogP contribution >= 0.6 is 0 Å². The van der Waals surface area contributed by atoms with E-state index >= 15 is 0 Å². The van der Waals surface area contributed by atoms with Crippen LogP contribution in [0.2, 0.25) is 0 Å². The number of hydrogen-bond donors (Lipinski definition) is 0. The Morgan fingerprint density at radius 2 is 1.24 bits per heavy atom. The zero-order chi connectivity index (χ0) is 14.7. The first-order chi connectivity index (χ1) is 10.2. The summed E-state index contributed by atoms with van der Waals surface area (Å²) in [6.07, 6.45) is 0. The predicted octanol–water partition coefficient (Wildman–Crippen LogP) is 6.02. The molecular formula is C20H19O+. The zero-order valence-corrected chi connectivity index (χ0v) is 12.4. The third kappa shape index (κ3) is 3.03. The highest BCUT2D eigenvalue weighted by atomic mass is 16.3. The summed E-state index contributed by atoms with van der Waals surface area (Å²) < 4.78 is 6.09. The van der Waals surface area contributed by atoms with E-state index < -0.39 is 0 Å². The molecule has 0 N–H and O–H groups in total. The minimum Gasteiger partial charge on any atom is -0.212 e. The van der Waals surface area contributed by atoms with E-state index in [2.05, 4.69) is 62.4 Å². The van der Waals surface area contributed by atoms with Gasteiger partial charge < -0.3 is 0 Å². The Hall–Kier alpha value is -2.41. The maximum absolute atomic E-state index is 6.09. The van der Waals surface area contributed by atoms with Crippen molar-refractivity contribution < 1.29 is 4.42 Å². The lowest BCUT2D eigenvalue weighted by molar-refractivity contribution is 0.483. The van der Waals surface area contributed by atoms with Gasteiger partial charge in [-0.25, -0.2) is 4.42 Å². The molecule has 0 radical (unpaired) electrons. The van der Waals surface area contributed by atoms with E-state index in [4.69, 9.17) is 4.42 Å². The van der Waals surface area contributed by atoms with Crippen LogP contribution in [0.4, 0.5) is 0 Å². The molecule has 21 heavy (non-hydrogen) atoms. The van der Waals surface area contributed by atoms with Gasteiger partial charge in [0.15, 0.2) is 0 Å². The van der Waals surface area contributed by atoms with Gasteiger partial charge in [-0.3, -0.25) is 0 Å². The van der Waals surface area contributed by atoms with Crippen LogP contribution in [0, 0.1) is 0 Å². The largest absolute Gasteiger partial charge is 0.360 e. The molecule has 2 aromatic carbocycles. The van der Waals surface area contributed by atoms with Crippen molar-refractivity contribution in [1.82, 2.24) is 0 Å². The lowest BCUT2D eigenvalue weighted by Gasteiger charge is -2.03. The Bertz CT molecular complexity index is 658. The molecule has 0 amide bonds. The van der Waals surface area contributed by atoms with Gasteiger partial charge in [0.25, 0.3) is 0 Å². The monoisotopic (exact) mass is 275 g/mol. The Kier molecular flexibility index (Phi) is 3.83. The first-order valence-electron chi connectivity index (χ1n) is 7.33. The van der Waals surface area contributed by atoms with Gasteiger partial charge in [-0.1, -0.05) is 62.4 Å². The van der Waals surface area contributed by atoms with Gasteiger partial charge in [-0.2, -0.15) is 0 Å². The fraction of sp³-hybridized carbons (Fsp3) is 0.150. The maximum atomic E-state index is 6.09. The fourth-order valence-electron chi connectivity index (χ4n) is 2.35. The molecule has 0 bridgehead atoms. The second-order valence-electron chi connectivity index (χ2n) is 5.50. The Balaban J connectivity index is 2.16. The summed E-state index contributed by atoms with van der Waals surface area (Å²) >= 11 is 0. The third-order valence-electron chi connectivity index (χ3n) is 3.55. The SMILES string of the molecule is CC(C)c1cc(-c2ccccc2)cc(-c2ccccc2)[o+]1. The Morgan fingerprint density at radius 3 is 1.81 bits per heavy atom. The molecule has 3 aromatic rings. The van der Waals surface area contributed by atoms with Gasteiger partial charge in [0.05, 0.1) is 17.5 Å². The van der Waals surface area contributed by atoms with Crippen molar-refractivity contribution in [2.45, 2.75) is 19.8 Å². The van der Waals surface area contributed by atoms with Gasteiger partial charge in [0.1, 0.15) is 0 Å². The molecule has 3 rings (SSSR count). The molecule has 1 heterocycles. The van der Waals surface area contributed by atoms with E-state index in [1.54, 1.807) is 0 Å². The second-order valence-corrected chi connectivity index (χ2v) is 5.50. The first kappa shape index (κ1) is 13.6.